The second kappa shape index (κ2) is 7.59. The molecule has 3 heterocycles. The maximum atomic E-state index is 12.6. The quantitative estimate of drug-likeness (QED) is 0.540. The second-order valence-corrected chi connectivity index (χ2v) is 7.37. The largest absolute Gasteiger partial charge is 0.381 e. The van der Waals surface area contributed by atoms with E-state index >= 15 is 0 Å². The van der Waals surface area contributed by atoms with Crippen molar-refractivity contribution in [2.45, 2.75) is 33.2 Å². The molecule has 140 valence electrons. The van der Waals surface area contributed by atoms with Crippen molar-refractivity contribution in [2.75, 3.05) is 12.3 Å². The molecule has 0 aromatic carbocycles. The highest BCUT2D eigenvalue weighted by atomic mass is 32.1. The zero-order chi connectivity index (χ0) is 19.6. The molecule has 0 unspecified atom stereocenters. The standard InChI is InChI=1S/C17H19N7O2S/c1-9-10(2)27-16-14(9)17(26)24(8-21-16)7-13(25)20-5-3-4-12-11(6-18)15(19)23-22-12/h8H,3-5,7H2,1-2H3,(H,20,25)(H3,19,22,23). The average molecular weight is 385 g/mol. The minimum atomic E-state index is -0.271. The van der Waals surface area contributed by atoms with E-state index in [9.17, 15) is 9.59 Å². The predicted molar refractivity (Wildman–Crippen MR) is 102 cm³/mol. The Kier molecular flexibility index (Phi) is 5.23. The van der Waals surface area contributed by atoms with Crippen molar-refractivity contribution in [3.8, 4) is 6.07 Å². The molecule has 0 aliphatic carbocycles. The van der Waals surface area contributed by atoms with Crippen LogP contribution in [0.15, 0.2) is 11.1 Å². The number of nitrogens with one attached hydrogen (secondary N) is 2. The van der Waals surface area contributed by atoms with Gasteiger partial charge in [0.25, 0.3) is 5.56 Å². The molecule has 10 heteroatoms. The first kappa shape index (κ1) is 18.6. The third-order valence-electron chi connectivity index (χ3n) is 4.38. The first-order valence-electron chi connectivity index (χ1n) is 8.37. The van der Waals surface area contributed by atoms with E-state index in [4.69, 9.17) is 11.0 Å². The van der Waals surface area contributed by atoms with Gasteiger partial charge < -0.3 is 11.1 Å². The number of carbonyl (C=O) groups excluding carboxylic acids is 1. The van der Waals surface area contributed by atoms with Crippen molar-refractivity contribution in [3.05, 3.63) is 38.4 Å². The first-order valence-corrected chi connectivity index (χ1v) is 9.18. The van der Waals surface area contributed by atoms with Crippen molar-refractivity contribution < 1.29 is 4.79 Å². The number of aryl methyl sites for hydroxylation is 3. The number of anilines is 1. The number of nitrogen functional groups attached to an aromatic ring is 1. The smallest absolute Gasteiger partial charge is 0.262 e. The molecule has 1 amide bonds. The minimum absolute atomic E-state index is 0.0867. The number of aromatic nitrogens is 4. The molecule has 0 bridgehead atoms. The van der Waals surface area contributed by atoms with E-state index in [-0.39, 0.29) is 23.8 Å². The van der Waals surface area contributed by atoms with Crippen molar-refractivity contribution in [1.29, 1.82) is 5.26 Å². The molecule has 0 radical (unpaired) electrons. The molecular formula is C17H19N7O2S. The highest BCUT2D eigenvalue weighted by Crippen LogP contribution is 2.25. The normalized spacial score (nSPS) is 10.9. The summed E-state index contributed by atoms with van der Waals surface area (Å²) < 4.78 is 1.32. The van der Waals surface area contributed by atoms with Crippen LogP contribution < -0.4 is 16.6 Å². The van der Waals surface area contributed by atoms with Crippen LogP contribution in [-0.2, 0) is 17.8 Å². The predicted octanol–water partition coefficient (Wildman–Crippen LogP) is 1.00. The first-order chi connectivity index (χ1) is 12.9. The van der Waals surface area contributed by atoms with Gasteiger partial charge in [0.1, 0.15) is 23.0 Å². The molecule has 0 atom stereocenters. The van der Waals surface area contributed by atoms with E-state index in [0.717, 1.165) is 10.4 Å². The fraction of sp³-hybridized carbons (Fsp3) is 0.353. The van der Waals surface area contributed by atoms with Gasteiger partial charge in [0.05, 0.1) is 17.4 Å². The van der Waals surface area contributed by atoms with Crippen LogP contribution >= 0.6 is 11.3 Å². The number of H-pyrrole nitrogens is 1. The van der Waals surface area contributed by atoms with Crippen molar-refractivity contribution in [1.82, 2.24) is 25.1 Å². The number of rotatable bonds is 6. The average Bonchev–Trinajstić information content (AvgIpc) is 3.14. The van der Waals surface area contributed by atoms with Crippen LogP contribution in [0, 0.1) is 25.2 Å². The van der Waals surface area contributed by atoms with Crippen molar-refractivity contribution in [2.24, 2.45) is 0 Å². The molecule has 0 fully saturated rings. The molecule has 3 rings (SSSR count). The Morgan fingerprint density at radius 2 is 2.26 bits per heavy atom. The number of nitrogens with zero attached hydrogens (tertiary/aromatic N) is 4. The van der Waals surface area contributed by atoms with E-state index < -0.39 is 0 Å². The van der Waals surface area contributed by atoms with Crippen LogP contribution in [0.4, 0.5) is 5.82 Å². The Morgan fingerprint density at radius 3 is 3.00 bits per heavy atom. The number of amides is 1. The summed E-state index contributed by atoms with van der Waals surface area (Å²) in [4.78, 5) is 30.7. The van der Waals surface area contributed by atoms with Gasteiger partial charge >= 0.3 is 0 Å². The van der Waals surface area contributed by atoms with Crippen molar-refractivity contribution >= 4 is 33.3 Å². The summed E-state index contributed by atoms with van der Waals surface area (Å²) in [5, 5.41) is 18.9. The van der Waals surface area contributed by atoms with Crippen LogP contribution in [0.3, 0.4) is 0 Å². The minimum Gasteiger partial charge on any atom is -0.381 e. The number of aromatic amines is 1. The fourth-order valence-corrected chi connectivity index (χ4v) is 3.77. The van der Waals surface area contributed by atoms with E-state index in [1.54, 1.807) is 0 Å². The monoisotopic (exact) mass is 385 g/mol. The Balaban J connectivity index is 1.58. The van der Waals surface area contributed by atoms with E-state index in [1.165, 1.54) is 22.2 Å². The summed E-state index contributed by atoms with van der Waals surface area (Å²) in [7, 11) is 0. The third kappa shape index (κ3) is 3.68. The topological polar surface area (TPSA) is 142 Å². The van der Waals surface area contributed by atoms with E-state index in [2.05, 4.69) is 20.5 Å². The third-order valence-corrected chi connectivity index (χ3v) is 5.49. The van der Waals surface area contributed by atoms with Gasteiger partial charge in [-0.3, -0.25) is 19.3 Å². The summed E-state index contributed by atoms with van der Waals surface area (Å²) in [5.41, 5.74) is 7.28. The molecule has 27 heavy (non-hydrogen) atoms. The Hall–Kier alpha value is -3.19. The Bertz CT molecular complexity index is 1100. The summed E-state index contributed by atoms with van der Waals surface area (Å²) >= 11 is 1.48. The molecule has 3 aromatic heterocycles. The van der Waals surface area contributed by atoms with Gasteiger partial charge in [-0.05, 0) is 32.3 Å². The fourth-order valence-electron chi connectivity index (χ4n) is 2.79. The summed E-state index contributed by atoms with van der Waals surface area (Å²) in [6.07, 6.45) is 2.55. The van der Waals surface area contributed by atoms with Gasteiger partial charge in [-0.25, -0.2) is 4.98 Å². The molecule has 0 saturated heterocycles. The molecule has 0 spiro atoms. The zero-order valence-electron chi connectivity index (χ0n) is 15.0. The molecule has 9 nitrogen and oxygen atoms in total. The number of hydrogen-bond donors (Lipinski definition) is 3. The summed E-state index contributed by atoms with van der Waals surface area (Å²) in [6, 6.07) is 2.00. The van der Waals surface area contributed by atoms with Gasteiger partial charge in [-0.15, -0.1) is 11.3 Å². The maximum Gasteiger partial charge on any atom is 0.262 e. The lowest BCUT2D eigenvalue weighted by Gasteiger charge is -2.07. The molecule has 0 aliphatic rings. The molecule has 3 aromatic rings. The lowest BCUT2D eigenvalue weighted by Crippen LogP contribution is -2.33. The summed E-state index contributed by atoms with van der Waals surface area (Å²) in [6.45, 7) is 4.16. The number of thiophene rings is 1. The van der Waals surface area contributed by atoms with Crippen LogP contribution in [0.2, 0.25) is 0 Å². The Labute approximate surface area is 158 Å². The van der Waals surface area contributed by atoms with Gasteiger partial charge in [0.2, 0.25) is 5.91 Å². The molecule has 0 saturated carbocycles. The number of nitriles is 1. The van der Waals surface area contributed by atoms with Gasteiger partial charge in [0.15, 0.2) is 5.82 Å². The number of carbonyl (C=O) groups is 1. The zero-order valence-corrected chi connectivity index (χ0v) is 15.8. The molecular weight excluding hydrogens is 366 g/mol. The number of nitrogens with two attached hydrogens (primary N) is 1. The number of fused-ring (bicyclic) bond motifs is 1. The van der Waals surface area contributed by atoms with Crippen LogP contribution in [0.1, 0.15) is 28.1 Å². The van der Waals surface area contributed by atoms with Crippen molar-refractivity contribution in [3.63, 3.8) is 0 Å². The van der Waals surface area contributed by atoms with E-state index in [1.807, 2.05) is 19.9 Å². The lowest BCUT2D eigenvalue weighted by molar-refractivity contribution is -0.121. The number of hydrogen-bond acceptors (Lipinski definition) is 7. The van der Waals surface area contributed by atoms with Gasteiger partial charge in [-0.2, -0.15) is 10.4 Å². The molecule has 0 aliphatic heterocycles. The van der Waals surface area contributed by atoms with Crippen LogP contribution in [0.5, 0.6) is 0 Å². The summed E-state index contributed by atoms with van der Waals surface area (Å²) in [5.74, 6) is -0.0924. The molecule has 4 N–H and O–H groups in total. The van der Waals surface area contributed by atoms with Gasteiger partial charge in [0, 0.05) is 11.4 Å². The SMILES string of the molecule is Cc1sc2ncn(CC(=O)NCCCc3[nH]nc(N)c3C#N)c(=O)c2c1C. The lowest BCUT2D eigenvalue weighted by atomic mass is 10.1. The second-order valence-electron chi connectivity index (χ2n) is 6.17. The van der Waals surface area contributed by atoms with Crippen LogP contribution in [0.25, 0.3) is 10.2 Å². The highest BCUT2D eigenvalue weighted by Gasteiger charge is 2.14. The van der Waals surface area contributed by atoms with Gasteiger partial charge in [-0.1, -0.05) is 0 Å². The van der Waals surface area contributed by atoms with E-state index in [0.29, 0.717) is 40.9 Å². The maximum absolute atomic E-state index is 12.6. The highest BCUT2D eigenvalue weighted by molar-refractivity contribution is 7.18. The Morgan fingerprint density at radius 1 is 1.48 bits per heavy atom. The van der Waals surface area contributed by atoms with Crippen LogP contribution in [-0.4, -0.2) is 32.2 Å².